The predicted molar refractivity (Wildman–Crippen MR) is 76.5 cm³/mol. The summed E-state index contributed by atoms with van der Waals surface area (Å²) in [7, 11) is 0. The number of nitrogens with zero attached hydrogens (tertiary/aromatic N) is 2. The normalized spacial score (nSPS) is 21.7. The number of amides is 1. The van der Waals surface area contributed by atoms with Crippen molar-refractivity contribution in [1.29, 1.82) is 0 Å². The smallest absolute Gasteiger partial charge is 0.433 e. The predicted octanol–water partition coefficient (Wildman–Crippen LogP) is 3.53. The summed E-state index contributed by atoms with van der Waals surface area (Å²) in [6.45, 7) is 4.56. The second-order valence-corrected chi connectivity index (χ2v) is 6.34. The third-order valence-corrected chi connectivity index (χ3v) is 3.19. The zero-order chi connectivity index (χ0) is 18.3. The lowest BCUT2D eigenvalue weighted by Gasteiger charge is -2.32. The molecule has 1 unspecified atom stereocenters. The molecular weight excluding hydrogens is 332 g/mol. The molecule has 24 heavy (non-hydrogen) atoms. The molecule has 1 aromatic carbocycles. The Labute approximate surface area is 135 Å². The summed E-state index contributed by atoms with van der Waals surface area (Å²) >= 11 is 0. The molecule has 0 aromatic heterocycles. The third-order valence-electron chi connectivity index (χ3n) is 3.19. The van der Waals surface area contributed by atoms with Gasteiger partial charge in [-0.05, 0) is 32.9 Å². The van der Waals surface area contributed by atoms with Crippen LogP contribution in [0.4, 0.5) is 22.4 Å². The monoisotopic (exact) mass is 348 g/mol. The third kappa shape index (κ3) is 3.66. The number of carbonyl (C=O) groups excluding carboxylic acids is 1. The van der Waals surface area contributed by atoms with Gasteiger partial charge < -0.3 is 9.84 Å². The minimum atomic E-state index is -4.83. The van der Waals surface area contributed by atoms with Crippen molar-refractivity contribution in [2.24, 2.45) is 5.10 Å². The summed E-state index contributed by atoms with van der Waals surface area (Å²) < 4.78 is 57.0. The van der Waals surface area contributed by atoms with Crippen molar-refractivity contribution in [3.8, 4) is 0 Å². The van der Waals surface area contributed by atoms with Gasteiger partial charge in [0, 0.05) is 5.56 Å². The molecule has 1 aliphatic heterocycles. The summed E-state index contributed by atoms with van der Waals surface area (Å²) in [4.78, 5) is 12.2. The highest BCUT2D eigenvalue weighted by Crippen LogP contribution is 2.40. The highest BCUT2D eigenvalue weighted by atomic mass is 19.4. The molecular formula is C15H16F4N2O3. The molecule has 0 bridgehead atoms. The molecule has 0 radical (unpaired) electrons. The van der Waals surface area contributed by atoms with E-state index in [0.29, 0.717) is 0 Å². The number of halogens is 4. The summed E-state index contributed by atoms with van der Waals surface area (Å²) in [5, 5.41) is 14.1. The Morgan fingerprint density at radius 3 is 2.25 bits per heavy atom. The summed E-state index contributed by atoms with van der Waals surface area (Å²) in [5.41, 5.74) is -4.86. The van der Waals surface area contributed by atoms with Crippen molar-refractivity contribution in [2.75, 3.05) is 0 Å². The van der Waals surface area contributed by atoms with Crippen molar-refractivity contribution in [3.05, 3.63) is 35.6 Å². The molecule has 1 aliphatic rings. The lowest BCUT2D eigenvalue weighted by molar-refractivity contribution is -0.0995. The van der Waals surface area contributed by atoms with Crippen LogP contribution in [0.2, 0.25) is 0 Å². The van der Waals surface area contributed by atoms with Crippen LogP contribution in [0.15, 0.2) is 29.4 Å². The Kier molecular flexibility index (Phi) is 4.34. The van der Waals surface area contributed by atoms with Gasteiger partial charge in [0.15, 0.2) is 5.72 Å². The molecule has 0 saturated heterocycles. The van der Waals surface area contributed by atoms with Crippen LogP contribution in [0.3, 0.4) is 0 Å². The standard InChI is InChI=1S/C15H16F4N2O3/c1-13(2,3)24-12(22)21-14(23,8-11(20-21)15(17,18)19)9-4-6-10(16)7-5-9/h4-7,23H,8H2,1-3H3. The zero-order valence-electron chi connectivity index (χ0n) is 13.2. The van der Waals surface area contributed by atoms with E-state index in [1.807, 2.05) is 0 Å². The van der Waals surface area contributed by atoms with Gasteiger partial charge in [0.05, 0.1) is 6.42 Å². The number of ether oxygens (including phenoxy) is 1. The first-order chi connectivity index (χ1) is 10.8. The second kappa shape index (κ2) is 5.73. The maximum absolute atomic E-state index is 13.0. The average Bonchev–Trinajstić information content (AvgIpc) is 2.76. The Bertz CT molecular complexity index is 665. The quantitative estimate of drug-likeness (QED) is 0.790. The fourth-order valence-electron chi connectivity index (χ4n) is 2.14. The number of hydrogen-bond donors (Lipinski definition) is 1. The topological polar surface area (TPSA) is 62.1 Å². The van der Waals surface area contributed by atoms with Gasteiger partial charge in [-0.15, -0.1) is 0 Å². The van der Waals surface area contributed by atoms with E-state index in [2.05, 4.69) is 5.10 Å². The van der Waals surface area contributed by atoms with Crippen molar-refractivity contribution >= 4 is 11.8 Å². The van der Waals surface area contributed by atoms with E-state index in [0.717, 1.165) is 24.3 Å². The number of hydrogen-bond acceptors (Lipinski definition) is 4. The number of hydrazone groups is 1. The molecule has 132 valence electrons. The molecule has 1 amide bonds. The van der Waals surface area contributed by atoms with Gasteiger partial charge in [0.2, 0.25) is 0 Å². The first-order valence-electron chi connectivity index (χ1n) is 6.99. The van der Waals surface area contributed by atoms with Crippen LogP contribution in [0, 0.1) is 5.82 Å². The van der Waals surface area contributed by atoms with E-state index in [-0.39, 0.29) is 10.6 Å². The Morgan fingerprint density at radius 2 is 1.79 bits per heavy atom. The molecule has 1 aromatic rings. The molecule has 1 atom stereocenters. The van der Waals surface area contributed by atoms with E-state index in [9.17, 15) is 27.5 Å². The fourth-order valence-corrected chi connectivity index (χ4v) is 2.14. The van der Waals surface area contributed by atoms with Gasteiger partial charge in [-0.2, -0.15) is 23.3 Å². The number of alkyl halides is 3. The largest absolute Gasteiger partial charge is 0.442 e. The van der Waals surface area contributed by atoms with E-state index in [1.54, 1.807) is 0 Å². The van der Waals surface area contributed by atoms with Crippen LogP contribution in [-0.4, -0.2) is 33.7 Å². The summed E-state index contributed by atoms with van der Waals surface area (Å²) in [6.07, 6.45) is -7.06. The number of carbonyl (C=O) groups is 1. The summed E-state index contributed by atoms with van der Waals surface area (Å²) in [5.74, 6) is -0.638. The summed E-state index contributed by atoms with van der Waals surface area (Å²) in [6, 6.07) is 4.10. The van der Waals surface area contributed by atoms with Crippen LogP contribution in [0.5, 0.6) is 0 Å². The number of rotatable bonds is 1. The fraction of sp³-hybridized carbons (Fsp3) is 0.467. The first-order valence-corrected chi connectivity index (χ1v) is 6.99. The minimum Gasteiger partial charge on any atom is -0.442 e. The van der Waals surface area contributed by atoms with Gasteiger partial charge in [0.25, 0.3) is 0 Å². The van der Waals surface area contributed by atoms with Crippen LogP contribution in [0.1, 0.15) is 32.8 Å². The van der Waals surface area contributed by atoms with E-state index >= 15 is 0 Å². The number of benzene rings is 1. The molecule has 5 nitrogen and oxygen atoms in total. The Morgan fingerprint density at radius 1 is 1.25 bits per heavy atom. The lowest BCUT2D eigenvalue weighted by atomic mass is 9.97. The zero-order valence-corrected chi connectivity index (χ0v) is 13.2. The first kappa shape index (κ1) is 18.2. The van der Waals surface area contributed by atoms with Crippen molar-refractivity contribution in [2.45, 2.75) is 44.7 Å². The maximum atomic E-state index is 13.0. The molecule has 1 N–H and O–H groups in total. The van der Waals surface area contributed by atoms with Gasteiger partial charge in [-0.25, -0.2) is 9.18 Å². The van der Waals surface area contributed by atoms with Crippen molar-refractivity contribution < 1.29 is 32.2 Å². The van der Waals surface area contributed by atoms with E-state index in [1.165, 1.54) is 20.8 Å². The minimum absolute atomic E-state index is 0.113. The molecule has 0 spiro atoms. The van der Waals surface area contributed by atoms with Gasteiger partial charge in [-0.1, -0.05) is 12.1 Å². The molecule has 2 rings (SSSR count). The maximum Gasteiger partial charge on any atom is 0.433 e. The van der Waals surface area contributed by atoms with Gasteiger partial charge in [0.1, 0.15) is 17.1 Å². The Hall–Kier alpha value is -2.16. The SMILES string of the molecule is CC(C)(C)OC(=O)N1N=C(C(F)(F)F)CC1(O)c1ccc(F)cc1. The van der Waals surface area contributed by atoms with Crippen molar-refractivity contribution in [3.63, 3.8) is 0 Å². The van der Waals surface area contributed by atoms with E-state index in [4.69, 9.17) is 4.74 Å². The number of aliphatic hydroxyl groups is 1. The van der Waals surface area contributed by atoms with Crippen LogP contribution in [0.25, 0.3) is 0 Å². The van der Waals surface area contributed by atoms with Crippen molar-refractivity contribution in [1.82, 2.24) is 5.01 Å². The molecule has 0 saturated carbocycles. The van der Waals surface area contributed by atoms with Crippen LogP contribution >= 0.6 is 0 Å². The molecule has 0 aliphatic carbocycles. The van der Waals surface area contributed by atoms with Crippen LogP contribution < -0.4 is 0 Å². The van der Waals surface area contributed by atoms with Gasteiger partial charge >= 0.3 is 12.3 Å². The highest BCUT2D eigenvalue weighted by Gasteiger charge is 2.54. The lowest BCUT2D eigenvalue weighted by Crippen LogP contribution is -2.45. The molecule has 0 fully saturated rings. The Balaban J connectivity index is 2.45. The molecule has 9 heteroatoms. The average molecular weight is 348 g/mol. The van der Waals surface area contributed by atoms with Crippen LogP contribution in [-0.2, 0) is 10.5 Å². The second-order valence-electron chi connectivity index (χ2n) is 6.34. The van der Waals surface area contributed by atoms with Gasteiger partial charge in [-0.3, -0.25) is 0 Å². The highest BCUT2D eigenvalue weighted by molar-refractivity contribution is 5.93. The molecule has 1 heterocycles. The van der Waals surface area contributed by atoms with E-state index < -0.39 is 41.5 Å².